The largest absolute Gasteiger partial charge is 0.313 e. The molecule has 0 N–H and O–H groups in total. The number of hydrogen-bond donors (Lipinski definition) is 0. The van der Waals surface area contributed by atoms with Crippen molar-refractivity contribution in [1.29, 1.82) is 0 Å². The van der Waals surface area contributed by atoms with Gasteiger partial charge in [0.1, 0.15) is 0 Å². The number of aryl methyl sites for hydroxylation is 2. The fourth-order valence-corrected chi connectivity index (χ4v) is 3.67. The van der Waals surface area contributed by atoms with Crippen molar-refractivity contribution in [2.75, 3.05) is 0 Å². The lowest BCUT2D eigenvalue weighted by Gasteiger charge is -2.07. The smallest absolute Gasteiger partial charge is 0.269 e. The fraction of sp³-hybridized carbons (Fsp3) is 0.150. The van der Waals surface area contributed by atoms with E-state index >= 15 is 0 Å². The lowest BCUT2D eigenvalue weighted by molar-refractivity contribution is -0.384. The topological polar surface area (TPSA) is 60.4 Å². The monoisotopic (exact) mass is 365 g/mol. The van der Waals surface area contributed by atoms with Gasteiger partial charge < -0.3 is 4.57 Å². The van der Waals surface area contributed by atoms with Crippen LogP contribution in [0, 0.1) is 24.0 Å². The van der Waals surface area contributed by atoms with Crippen LogP contribution in [0.3, 0.4) is 0 Å². The van der Waals surface area contributed by atoms with Crippen molar-refractivity contribution in [2.24, 2.45) is 4.99 Å². The van der Waals surface area contributed by atoms with Gasteiger partial charge in [-0.3, -0.25) is 10.1 Å². The number of nitrogens with zero attached hydrogens (tertiary/aromatic N) is 3. The second kappa shape index (κ2) is 7.49. The standard InChI is InChI=1S/C20H19N3O2S/c1-4-11-22-19(16-6-8-17(9-7-16)23(24)25)13-26-20(22)21-18-10-5-14(2)12-15(18)3/h4-10,12-13H,1,11H2,2-3H3. The molecule has 0 bridgehead atoms. The van der Waals surface area contributed by atoms with Crippen molar-refractivity contribution in [1.82, 2.24) is 4.57 Å². The van der Waals surface area contributed by atoms with E-state index in [-0.39, 0.29) is 5.69 Å². The Morgan fingerprint density at radius 1 is 1.23 bits per heavy atom. The minimum absolute atomic E-state index is 0.0828. The summed E-state index contributed by atoms with van der Waals surface area (Å²) < 4.78 is 2.07. The van der Waals surface area contributed by atoms with E-state index in [1.165, 1.54) is 17.7 Å². The summed E-state index contributed by atoms with van der Waals surface area (Å²) in [5.41, 5.74) is 5.23. The highest BCUT2D eigenvalue weighted by Crippen LogP contribution is 2.24. The molecule has 3 rings (SSSR count). The van der Waals surface area contributed by atoms with Gasteiger partial charge in [-0.25, -0.2) is 4.99 Å². The first kappa shape index (κ1) is 17.8. The molecule has 5 nitrogen and oxygen atoms in total. The minimum atomic E-state index is -0.393. The van der Waals surface area contributed by atoms with E-state index in [0.717, 1.165) is 27.3 Å². The Labute approximate surface area is 155 Å². The third-order valence-corrected chi connectivity index (χ3v) is 4.92. The average molecular weight is 365 g/mol. The van der Waals surface area contributed by atoms with E-state index in [1.807, 2.05) is 17.5 Å². The molecule has 0 saturated carbocycles. The maximum Gasteiger partial charge on any atom is 0.269 e. The lowest BCUT2D eigenvalue weighted by Crippen LogP contribution is -2.14. The van der Waals surface area contributed by atoms with Crippen LogP contribution in [0.2, 0.25) is 0 Å². The number of rotatable bonds is 5. The highest BCUT2D eigenvalue weighted by Gasteiger charge is 2.10. The van der Waals surface area contributed by atoms with Gasteiger partial charge in [-0.15, -0.1) is 17.9 Å². The Hall–Kier alpha value is -2.99. The zero-order valence-corrected chi connectivity index (χ0v) is 15.5. The molecule has 0 aliphatic carbocycles. The molecule has 0 fully saturated rings. The van der Waals surface area contributed by atoms with Crippen LogP contribution in [0.5, 0.6) is 0 Å². The van der Waals surface area contributed by atoms with Gasteiger partial charge in [0, 0.05) is 24.1 Å². The molecule has 6 heteroatoms. The number of nitro benzene ring substituents is 1. The molecule has 0 atom stereocenters. The zero-order chi connectivity index (χ0) is 18.7. The summed E-state index contributed by atoms with van der Waals surface area (Å²) in [7, 11) is 0. The Morgan fingerprint density at radius 3 is 2.58 bits per heavy atom. The van der Waals surface area contributed by atoms with Gasteiger partial charge in [0.15, 0.2) is 4.80 Å². The molecule has 0 aliphatic rings. The first-order valence-corrected chi connectivity index (χ1v) is 9.03. The van der Waals surface area contributed by atoms with Crippen LogP contribution >= 0.6 is 11.3 Å². The summed E-state index contributed by atoms with van der Waals surface area (Å²) in [5, 5.41) is 12.9. The zero-order valence-electron chi connectivity index (χ0n) is 14.7. The van der Waals surface area contributed by atoms with Crippen LogP contribution in [0.1, 0.15) is 11.1 Å². The molecular formula is C20H19N3O2S. The van der Waals surface area contributed by atoms with Gasteiger partial charge in [-0.1, -0.05) is 23.8 Å². The number of non-ortho nitro benzene ring substituents is 1. The summed E-state index contributed by atoms with van der Waals surface area (Å²) in [6.07, 6.45) is 1.82. The summed E-state index contributed by atoms with van der Waals surface area (Å²) >= 11 is 1.54. The van der Waals surface area contributed by atoms with Gasteiger partial charge in [-0.2, -0.15) is 0 Å². The third kappa shape index (κ3) is 3.65. The molecule has 0 spiro atoms. The molecule has 1 heterocycles. The van der Waals surface area contributed by atoms with Gasteiger partial charge >= 0.3 is 0 Å². The van der Waals surface area contributed by atoms with Crippen LogP contribution in [0.25, 0.3) is 11.3 Å². The van der Waals surface area contributed by atoms with E-state index in [1.54, 1.807) is 23.5 Å². The van der Waals surface area contributed by atoms with E-state index in [9.17, 15) is 10.1 Å². The van der Waals surface area contributed by atoms with Gasteiger partial charge in [0.25, 0.3) is 5.69 Å². The minimum Gasteiger partial charge on any atom is -0.313 e. The van der Waals surface area contributed by atoms with Crippen molar-refractivity contribution in [2.45, 2.75) is 20.4 Å². The van der Waals surface area contributed by atoms with Crippen LogP contribution in [0.4, 0.5) is 11.4 Å². The summed E-state index contributed by atoms with van der Waals surface area (Å²) in [6.45, 7) is 8.56. The molecule has 26 heavy (non-hydrogen) atoms. The second-order valence-electron chi connectivity index (χ2n) is 6.01. The van der Waals surface area contributed by atoms with Crippen LogP contribution in [-0.2, 0) is 6.54 Å². The first-order valence-electron chi connectivity index (χ1n) is 8.15. The quantitative estimate of drug-likeness (QED) is 0.356. The Morgan fingerprint density at radius 2 is 1.96 bits per heavy atom. The molecule has 0 amide bonds. The SMILES string of the molecule is C=CCn1c(-c2ccc([N+](=O)[O-])cc2)csc1=Nc1ccc(C)cc1C. The molecule has 0 radical (unpaired) electrons. The van der Waals surface area contributed by atoms with E-state index in [2.05, 4.69) is 37.1 Å². The van der Waals surface area contributed by atoms with Crippen molar-refractivity contribution < 1.29 is 4.92 Å². The molecule has 0 aliphatic heterocycles. The van der Waals surface area contributed by atoms with E-state index < -0.39 is 4.92 Å². The molecular weight excluding hydrogens is 346 g/mol. The Balaban J connectivity index is 2.10. The van der Waals surface area contributed by atoms with Crippen LogP contribution < -0.4 is 4.80 Å². The highest BCUT2D eigenvalue weighted by molar-refractivity contribution is 7.07. The number of nitro groups is 1. The highest BCUT2D eigenvalue weighted by atomic mass is 32.1. The number of hydrogen-bond acceptors (Lipinski definition) is 4. The molecule has 1 aromatic heterocycles. The van der Waals surface area contributed by atoms with Crippen molar-refractivity contribution in [3.05, 3.63) is 86.5 Å². The van der Waals surface area contributed by atoms with Gasteiger partial charge in [-0.05, 0) is 43.2 Å². The third-order valence-electron chi connectivity index (χ3n) is 4.05. The van der Waals surface area contributed by atoms with Gasteiger partial charge in [0.05, 0.1) is 16.3 Å². The van der Waals surface area contributed by atoms with Crippen molar-refractivity contribution >= 4 is 22.7 Å². The summed E-state index contributed by atoms with van der Waals surface area (Å²) in [4.78, 5) is 16.1. The maximum absolute atomic E-state index is 10.9. The normalized spacial score (nSPS) is 11.5. The fourth-order valence-electron chi connectivity index (χ4n) is 2.74. The Kier molecular flexibility index (Phi) is 5.14. The van der Waals surface area contributed by atoms with Crippen LogP contribution in [0.15, 0.2) is 65.5 Å². The summed E-state index contributed by atoms with van der Waals surface area (Å²) in [6, 6.07) is 12.8. The van der Waals surface area contributed by atoms with Crippen LogP contribution in [-0.4, -0.2) is 9.49 Å². The van der Waals surface area contributed by atoms with Gasteiger partial charge in [0.2, 0.25) is 0 Å². The molecule has 2 aromatic carbocycles. The average Bonchev–Trinajstić information content (AvgIpc) is 3.00. The van der Waals surface area contributed by atoms with Crippen molar-refractivity contribution in [3.63, 3.8) is 0 Å². The number of allylic oxidation sites excluding steroid dienone is 1. The lowest BCUT2D eigenvalue weighted by atomic mass is 10.1. The molecule has 0 unspecified atom stereocenters. The molecule has 132 valence electrons. The van der Waals surface area contributed by atoms with E-state index in [0.29, 0.717) is 6.54 Å². The van der Waals surface area contributed by atoms with Crippen molar-refractivity contribution in [3.8, 4) is 11.3 Å². The number of benzene rings is 2. The predicted octanol–water partition coefficient (Wildman–Crippen LogP) is 5.16. The Bertz CT molecular complexity index is 1030. The number of aromatic nitrogens is 1. The predicted molar refractivity (Wildman–Crippen MR) is 106 cm³/mol. The first-order chi connectivity index (χ1) is 12.5. The van der Waals surface area contributed by atoms with E-state index in [4.69, 9.17) is 4.99 Å². The molecule has 0 saturated heterocycles. The molecule has 3 aromatic rings. The maximum atomic E-state index is 10.9. The summed E-state index contributed by atoms with van der Waals surface area (Å²) in [5.74, 6) is 0. The second-order valence-corrected chi connectivity index (χ2v) is 6.85. The number of thiazole rings is 1.